The summed E-state index contributed by atoms with van der Waals surface area (Å²) in [5, 5.41) is 9.13. The Balaban J connectivity index is 1.81. The van der Waals surface area contributed by atoms with Gasteiger partial charge in [-0.3, -0.25) is 9.47 Å². The van der Waals surface area contributed by atoms with Gasteiger partial charge in [0.1, 0.15) is 11.6 Å². The highest BCUT2D eigenvalue weighted by atomic mass is 19.3. The Morgan fingerprint density at radius 1 is 1.35 bits per heavy atom. The van der Waals surface area contributed by atoms with Gasteiger partial charge in [-0.1, -0.05) is 6.07 Å². The smallest absolute Gasteiger partial charge is 0.289 e. The van der Waals surface area contributed by atoms with Crippen LogP contribution in [0.5, 0.6) is 0 Å². The number of rotatable bonds is 6. The molecule has 1 aromatic heterocycles. The van der Waals surface area contributed by atoms with Gasteiger partial charge in [0.2, 0.25) is 0 Å². The molecule has 0 N–H and O–H groups in total. The lowest BCUT2D eigenvalue weighted by Gasteiger charge is -2.22. The fourth-order valence-corrected chi connectivity index (χ4v) is 2.59. The van der Waals surface area contributed by atoms with Crippen molar-refractivity contribution in [3.63, 3.8) is 0 Å². The number of alkyl halides is 2. The quantitative estimate of drug-likeness (QED) is 0.819. The van der Waals surface area contributed by atoms with Crippen molar-refractivity contribution < 1.29 is 13.2 Å². The van der Waals surface area contributed by atoms with E-state index in [2.05, 4.69) is 4.98 Å². The average Bonchev–Trinajstić information content (AvgIpc) is 3.27. The molecule has 0 aliphatic heterocycles. The van der Waals surface area contributed by atoms with Crippen LogP contribution in [0.1, 0.15) is 36.3 Å². The SMILES string of the molecule is N#Cc1cc(F)ccc1CN(Cc1nccn1C(F)F)C1CC1. The van der Waals surface area contributed by atoms with Crippen molar-refractivity contribution in [2.45, 2.75) is 38.5 Å². The molecule has 23 heavy (non-hydrogen) atoms. The Morgan fingerprint density at radius 3 is 2.78 bits per heavy atom. The van der Waals surface area contributed by atoms with E-state index in [1.807, 2.05) is 11.0 Å². The molecule has 1 aliphatic carbocycles. The first-order chi connectivity index (χ1) is 11.1. The van der Waals surface area contributed by atoms with E-state index in [9.17, 15) is 13.2 Å². The molecule has 3 rings (SSSR count). The minimum Gasteiger partial charge on any atom is -0.289 e. The van der Waals surface area contributed by atoms with Crippen LogP contribution in [0.4, 0.5) is 13.2 Å². The number of benzene rings is 1. The Bertz CT molecular complexity index is 731. The number of halogens is 3. The minimum atomic E-state index is -2.63. The molecule has 0 saturated heterocycles. The third kappa shape index (κ3) is 3.54. The molecule has 0 atom stereocenters. The number of imidazole rings is 1. The lowest BCUT2D eigenvalue weighted by molar-refractivity contribution is 0.0633. The summed E-state index contributed by atoms with van der Waals surface area (Å²) in [5.41, 5.74) is 0.962. The highest BCUT2D eigenvalue weighted by molar-refractivity contribution is 5.38. The van der Waals surface area contributed by atoms with Crippen LogP contribution >= 0.6 is 0 Å². The van der Waals surface area contributed by atoms with E-state index in [4.69, 9.17) is 5.26 Å². The number of aromatic nitrogens is 2. The van der Waals surface area contributed by atoms with Gasteiger partial charge in [-0.05, 0) is 30.5 Å². The standard InChI is InChI=1S/C16H15F3N4/c17-13-2-1-11(12(7-13)8-20)9-22(14-3-4-14)10-15-21-5-6-23(15)16(18)19/h1-2,5-7,14,16H,3-4,9-10H2. The summed E-state index contributed by atoms with van der Waals surface area (Å²) >= 11 is 0. The zero-order chi connectivity index (χ0) is 16.4. The second-order valence-electron chi connectivity index (χ2n) is 5.58. The molecule has 4 nitrogen and oxygen atoms in total. The molecule has 0 bridgehead atoms. The maximum atomic E-state index is 13.2. The summed E-state index contributed by atoms with van der Waals surface area (Å²) in [5.74, 6) is -0.177. The molecule has 120 valence electrons. The summed E-state index contributed by atoms with van der Waals surface area (Å²) in [6, 6.07) is 6.34. The van der Waals surface area contributed by atoms with E-state index in [0.29, 0.717) is 12.1 Å². The van der Waals surface area contributed by atoms with Gasteiger partial charge in [-0.15, -0.1) is 0 Å². The van der Waals surface area contributed by atoms with Gasteiger partial charge in [0, 0.05) is 25.0 Å². The lowest BCUT2D eigenvalue weighted by atomic mass is 10.1. The van der Waals surface area contributed by atoms with Crippen molar-refractivity contribution in [1.29, 1.82) is 5.26 Å². The fraction of sp³-hybridized carbons (Fsp3) is 0.375. The van der Waals surface area contributed by atoms with Crippen molar-refractivity contribution in [2.24, 2.45) is 0 Å². The normalized spacial score (nSPS) is 14.4. The van der Waals surface area contributed by atoms with E-state index >= 15 is 0 Å². The van der Waals surface area contributed by atoms with Gasteiger partial charge in [-0.2, -0.15) is 14.0 Å². The van der Waals surface area contributed by atoms with Crippen LogP contribution < -0.4 is 0 Å². The van der Waals surface area contributed by atoms with Crippen LogP contribution in [-0.4, -0.2) is 20.5 Å². The van der Waals surface area contributed by atoms with Crippen molar-refractivity contribution in [3.05, 3.63) is 53.4 Å². The van der Waals surface area contributed by atoms with Crippen LogP contribution in [0, 0.1) is 17.1 Å². The number of nitrogens with zero attached hydrogens (tertiary/aromatic N) is 4. The number of nitriles is 1. The Kier molecular flexibility index (Phi) is 4.35. The van der Waals surface area contributed by atoms with Gasteiger partial charge < -0.3 is 0 Å². The topological polar surface area (TPSA) is 44.9 Å². The molecular weight excluding hydrogens is 305 g/mol. The summed E-state index contributed by atoms with van der Waals surface area (Å²) in [7, 11) is 0. The largest absolute Gasteiger partial charge is 0.319 e. The maximum Gasteiger partial charge on any atom is 0.319 e. The van der Waals surface area contributed by atoms with Crippen LogP contribution in [0.3, 0.4) is 0 Å². The molecular formula is C16H15F3N4. The first-order valence-electron chi connectivity index (χ1n) is 7.31. The molecule has 0 amide bonds. The highest BCUT2D eigenvalue weighted by Gasteiger charge is 2.30. The fourth-order valence-electron chi connectivity index (χ4n) is 2.59. The van der Waals surface area contributed by atoms with Crippen molar-refractivity contribution in [1.82, 2.24) is 14.5 Å². The van der Waals surface area contributed by atoms with Crippen LogP contribution in [-0.2, 0) is 13.1 Å². The average molecular weight is 320 g/mol. The van der Waals surface area contributed by atoms with Gasteiger partial charge in [0.05, 0.1) is 18.2 Å². The predicted octanol–water partition coefficient (Wildman–Crippen LogP) is 3.45. The predicted molar refractivity (Wildman–Crippen MR) is 76.9 cm³/mol. The van der Waals surface area contributed by atoms with Crippen molar-refractivity contribution in [3.8, 4) is 6.07 Å². The van der Waals surface area contributed by atoms with Gasteiger partial charge >= 0.3 is 6.55 Å². The van der Waals surface area contributed by atoms with Gasteiger partial charge in [-0.25, -0.2) is 9.37 Å². The van der Waals surface area contributed by atoms with Gasteiger partial charge in [0.15, 0.2) is 0 Å². The van der Waals surface area contributed by atoms with E-state index < -0.39 is 12.4 Å². The molecule has 1 aromatic carbocycles. The molecule has 1 aliphatic rings. The summed E-state index contributed by atoms with van der Waals surface area (Å²) < 4.78 is 39.9. The minimum absolute atomic E-state index is 0.268. The number of hydrogen-bond donors (Lipinski definition) is 0. The summed E-state index contributed by atoms with van der Waals surface area (Å²) in [6.45, 7) is -1.96. The Morgan fingerprint density at radius 2 is 2.13 bits per heavy atom. The van der Waals surface area contributed by atoms with Crippen LogP contribution in [0.25, 0.3) is 0 Å². The molecule has 0 spiro atoms. The molecule has 0 radical (unpaired) electrons. The van der Waals surface area contributed by atoms with E-state index in [1.165, 1.54) is 24.5 Å². The number of hydrogen-bond acceptors (Lipinski definition) is 3. The molecule has 1 heterocycles. The zero-order valence-corrected chi connectivity index (χ0v) is 12.3. The third-order valence-corrected chi connectivity index (χ3v) is 3.93. The van der Waals surface area contributed by atoms with Crippen LogP contribution in [0.2, 0.25) is 0 Å². The first kappa shape index (κ1) is 15.6. The molecule has 2 aromatic rings. The molecule has 0 unspecified atom stereocenters. The third-order valence-electron chi connectivity index (χ3n) is 3.93. The Hall–Kier alpha value is -2.33. The van der Waals surface area contributed by atoms with Crippen molar-refractivity contribution >= 4 is 0 Å². The van der Waals surface area contributed by atoms with E-state index in [0.717, 1.165) is 17.4 Å². The molecule has 1 fully saturated rings. The van der Waals surface area contributed by atoms with Gasteiger partial charge in [0.25, 0.3) is 0 Å². The lowest BCUT2D eigenvalue weighted by Crippen LogP contribution is -2.27. The molecule has 7 heteroatoms. The molecule has 1 saturated carbocycles. The highest BCUT2D eigenvalue weighted by Crippen LogP contribution is 2.30. The van der Waals surface area contributed by atoms with Crippen LogP contribution in [0.15, 0.2) is 30.6 Å². The van der Waals surface area contributed by atoms with E-state index in [-0.39, 0.29) is 24.0 Å². The second kappa shape index (κ2) is 6.42. The first-order valence-corrected chi connectivity index (χ1v) is 7.31. The van der Waals surface area contributed by atoms with Crippen molar-refractivity contribution in [2.75, 3.05) is 0 Å². The van der Waals surface area contributed by atoms with E-state index in [1.54, 1.807) is 6.07 Å². The Labute approximate surface area is 131 Å². The second-order valence-corrected chi connectivity index (χ2v) is 5.58. The summed E-state index contributed by atoms with van der Waals surface area (Å²) in [4.78, 5) is 6.01. The summed E-state index contributed by atoms with van der Waals surface area (Å²) in [6.07, 6.45) is 4.58. The maximum absolute atomic E-state index is 13.2. The monoisotopic (exact) mass is 320 g/mol. The zero-order valence-electron chi connectivity index (χ0n) is 12.3.